The fourth-order valence-electron chi connectivity index (χ4n) is 3.78. The highest BCUT2D eigenvalue weighted by molar-refractivity contribution is 7.95. The number of ether oxygens (including phenoxy) is 1. The molecule has 0 aromatic heterocycles. The zero-order valence-corrected chi connectivity index (χ0v) is 14.5. The molecule has 1 aliphatic carbocycles. The summed E-state index contributed by atoms with van der Waals surface area (Å²) in [5, 5.41) is 4.76. The Morgan fingerprint density at radius 3 is 2.68 bits per heavy atom. The van der Waals surface area contributed by atoms with Crippen LogP contribution < -0.4 is 10.6 Å². The lowest BCUT2D eigenvalue weighted by molar-refractivity contribution is -0.118. The van der Waals surface area contributed by atoms with Gasteiger partial charge < -0.3 is 15.4 Å². The summed E-state index contributed by atoms with van der Waals surface area (Å²) in [5.74, 6) is -0.385. The second-order valence-corrected chi connectivity index (χ2v) is 8.99. The highest BCUT2D eigenvalue weighted by atomic mass is 32.2. The quantitative estimate of drug-likeness (QED) is 0.736. The lowest BCUT2D eigenvalue weighted by Gasteiger charge is -2.24. The zero-order chi connectivity index (χ0) is 17.6. The van der Waals surface area contributed by atoms with Crippen molar-refractivity contribution in [2.45, 2.75) is 50.5 Å². The van der Waals surface area contributed by atoms with E-state index in [2.05, 4.69) is 10.6 Å². The number of halogens is 1. The van der Waals surface area contributed by atoms with Crippen LogP contribution in [0.25, 0.3) is 0 Å². The summed E-state index contributed by atoms with van der Waals surface area (Å²) in [6.07, 6.45) is 10.0. The number of amides is 1. The lowest BCUT2D eigenvalue weighted by Crippen LogP contribution is -2.37. The van der Waals surface area contributed by atoms with Gasteiger partial charge >= 0.3 is 0 Å². The minimum absolute atomic E-state index is 0.215. The summed E-state index contributed by atoms with van der Waals surface area (Å²) in [6, 6.07) is -0.839. The van der Waals surface area contributed by atoms with Crippen molar-refractivity contribution >= 4 is 15.7 Å². The third-order valence-corrected chi connectivity index (χ3v) is 6.73. The van der Waals surface area contributed by atoms with Crippen molar-refractivity contribution in [2.24, 2.45) is 5.92 Å². The number of allylic oxidation sites excluding steroid dienone is 3. The number of hydrogen-bond donors (Lipinski definition) is 2. The first-order valence-corrected chi connectivity index (χ1v) is 10.3. The first-order valence-electron chi connectivity index (χ1n) is 8.69. The van der Waals surface area contributed by atoms with Gasteiger partial charge in [-0.25, -0.2) is 8.42 Å². The number of fused-ring (bicyclic) bond motifs is 1. The Labute approximate surface area is 146 Å². The van der Waals surface area contributed by atoms with Gasteiger partial charge in [-0.2, -0.15) is 4.39 Å². The molecule has 0 aromatic carbocycles. The molecule has 2 N–H and O–H groups in total. The Morgan fingerprint density at radius 2 is 2.00 bits per heavy atom. The SMILES string of the molecule is O=C(N[C@@H]1C=C(F)S(=O)(=O)C1)C1=CC=C(C2CCCCC2)NC2OC12. The van der Waals surface area contributed by atoms with Crippen LogP contribution in [-0.2, 0) is 19.4 Å². The van der Waals surface area contributed by atoms with E-state index >= 15 is 0 Å². The van der Waals surface area contributed by atoms with Crippen LogP contribution in [0.3, 0.4) is 0 Å². The average molecular weight is 368 g/mol. The van der Waals surface area contributed by atoms with Gasteiger partial charge in [-0.05, 0) is 37.0 Å². The number of rotatable bonds is 3. The molecule has 0 spiro atoms. The van der Waals surface area contributed by atoms with Crippen molar-refractivity contribution in [1.82, 2.24) is 10.6 Å². The molecule has 3 aliphatic heterocycles. The number of carbonyl (C=O) groups is 1. The topological polar surface area (TPSA) is 87.8 Å². The molecule has 6 nitrogen and oxygen atoms in total. The van der Waals surface area contributed by atoms with Crippen LogP contribution in [0.15, 0.2) is 34.7 Å². The molecule has 3 atom stereocenters. The summed E-state index contributed by atoms with van der Waals surface area (Å²) in [5.41, 5.74) is 1.55. The van der Waals surface area contributed by atoms with Gasteiger partial charge in [0.15, 0.2) is 6.23 Å². The molecular formula is C17H21FN2O4S. The summed E-state index contributed by atoms with van der Waals surface area (Å²) < 4.78 is 41.7. The number of sulfone groups is 1. The third-order valence-electron chi connectivity index (χ3n) is 5.20. The van der Waals surface area contributed by atoms with E-state index in [1.165, 1.54) is 19.3 Å². The van der Waals surface area contributed by atoms with Crippen LogP contribution in [0, 0.1) is 5.92 Å². The largest absolute Gasteiger partial charge is 0.361 e. The zero-order valence-electron chi connectivity index (χ0n) is 13.7. The smallest absolute Gasteiger partial charge is 0.250 e. The molecule has 4 rings (SSSR count). The highest BCUT2D eigenvalue weighted by Crippen LogP contribution is 2.35. The van der Waals surface area contributed by atoms with Crippen molar-refractivity contribution in [3.05, 3.63) is 34.7 Å². The van der Waals surface area contributed by atoms with Crippen molar-refractivity contribution in [1.29, 1.82) is 0 Å². The first-order chi connectivity index (χ1) is 11.9. The molecule has 1 saturated heterocycles. The van der Waals surface area contributed by atoms with Crippen LogP contribution in [0.1, 0.15) is 32.1 Å². The molecule has 2 fully saturated rings. The molecule has 0 bridgehead atoms. The van der Waals surface area contributed by atoms with Gasteiger partial charge in [0.1, 0.15) is 6.10 Å². The summed E-state index contributed by atoms with van der Waals surface area (Å²) in [7, 11) is -3.88. The van der Waals surface area contributed by atoms with E-state index in [9.17, 15) is 17.6 Å². The monoisotopic (exact) mass is 368 g/mol. The Morgan fingerprint density at radius 1 is 1.24 bits per heavy atom. The van der Waals surface area contributed by atoms with Gasteiger partial charge in [0.25, 0.3) is 5.91 Å². The number of epoxide rings is 1. The van der Waals surface area contributed by atoms with Gasteiger partial charge in [-0.3, -0.25) is 4.79 Å². The summed E-state index contributed by atoms with van der Waals surface area (Å²) >= 11 is 0. The molecule has 1 amide bonds. The standard InChI is InChI=1S/C17H21FN2O4S/c18-14-8-11(9-25(14,22)23)19-16(21)12-6-7-13(20-17-15(12)24-17)10-4-2-1-3-5-10/h6-8,10-11,15,17,20H,1-5,9H2,(H,19,21)/t11-,15?,17?/m1/s1. The van der Waals surface area contributed by atoms with Crippen LogP contribution in [0.4, 0.5) is 4.39 Å². The van der Waals surface area contributed by atoms with Crippen LogP contribution in [0.5, 0.6) is 0 Å². The van der Waals surface area contributed by atoms with E-state index < -0.39 is 32.7 Å². The molecule has 2 unspecified atom stereocenters. The molecule has 0 radical (unpaired) electrons. The van der Waals surface area contributed by atoms with Gasteiger partial charge in [0.05, 0.1) is 17.4 Å². The third kappa shape index (κ3) is 3.37. The molecule has 136 valence electrons. The van der Waals surface area contributed by atoms with Gasteiger partial charge in [0.2, 0.25) is 15.0 Å². The van der Waals surface area contributed by atoms with E-state index in [1.54, 1.807) is 6.08 Å². The number of nitrogens with one attached hydrogen (secondary N) is 2. The Balaban J connectivity index is 1.47. The Bertz CT molecular complexity index is 780. The Hall–Kier alpha value is -1.67. The molecular weight excluding hydrogens is 347 g/mol. The molecule has 4 aliphatic rings. The molecule has 0 aromatic rings. The van der Waals surface area contributed by atoms with Crippen LogP contribution >= 0.6 is 0 Å². The number of hydrogen-bond acceptors (Lipinski definition) is 5. The average Bonchev–Trinajstić information content (AvgIpc) is 3.28. The minimum atomic E-state index is -3.88. The van der Waals surface area contributed by atoms with Crippen molar-refractivity contribution < 1.29 is 22.3 Å². The first kappa shape index (κ1) is 16.8. The van der Waals surface area contributed by atoms with E-state index in [4.69, 9.17) is 4.74 Å². The summed E-state index contributed by atoms with van der Waals surface area (Å²) in [4.78, 5) is 12.5. The van der Waals surface area contributed by atoms with E-state index in [-0.39, 0.29) is 12.3 Å². The van der Waals surface area contributed by atoms with Crippen molar-refractivity contribution in [3.8, 4) is 0 Å². The molecule has 8 heteroatoms. The predicted molar refractivity (Wildman–Crippen MR) is 89.4 cm³/mol. The normalized spacial score (nSPS) is 34.0. The second-order valence-electron chi connectivity index (χ2n) is 7.03. The van der Waals surface area contributed by atoms with Crippen molar-refractivity contribution in [3.63, 3.8) is 0 Å². The minimum Gasteiger partial charge on any atom is -0.361 e. The molecule has 3 heterocycles. The van der Waals surface area contributed by atoms with Crippen molar-refractivity contribution in [2.75, 3.05) is 5.75 Å². The maximum atomic E-state index is 13.3. The van der Waals surface area contributed by atoms with Crippen LogP contribution in [-0.4, -0.2) is 38.5 Å². The number of carbonyl (C=O) groups excluding carboxylic acids is 1. The lowest BCUT2D eigenvalue weighted by atomic mass is 9.86. The second kappa shape index (κ2) is 6.25. The van der Waals surface area contributed by atoms with E-state index in [0.717, 1.165) is 24.6 Å². The summed E-state index contributed by atoms with van der Waals surface area (Å²) in [6.45, 7) is 0. The van der Waals surface area contributed by atoms with E-state index in [0.29, 0.717) is 11.5 Å². The fourth-order valence-corrected chi connectivity index (χ4v) is 4.96. The molecule has 1 saturated carbocycles. The fraction of sp³-hybridized carbons (Fsp3) is 0.588. The Kier molecular flexibility index (Phi) is 4.19. The van der Waals surface area contributed by atoms with E-state index in [1.807, 2.05) is 6.08 Å². The van der Waals surface area contributed by atoms with Gasteiger partial charge in [-0.1, -0.05) is 19.3 Å². The molecule has 25 heavy (non-hydrogen) atoms. The van der Waals surface area contributed by atoms with Gasteiger partial charge in [-0.15, -0.1) is 0 Å². The maximum Gasteiger partial charge on any atom is 0.250 e. The maximum absolute atomic E-state index is 13.3. The predicted octanol–water partition coefficient (Wildman–Crippen LogP) is 1.43. The highest BCUT2D eigenvalue weighted by Gasteiger charge is 2.46. The van der Waals surface area contributed by atoms with Gasteiger partial charge in [0, 0.05) is 5.70 Å². The van der Waals surface area contributed by atoms with Crippen LogP contribution in [0.2, 0.25) is 0 Å².